The van der Waals surface area contributed by atoms with Crippen LogP contribution in [0.4, 0.5) is 0 Å². The second-order valence-electron chi connectivity index (χ2n) is 2.13. The van der Waals surface area contributed by atoms with E-state index >= 15 is 0 Å². The SMILES string of the molecule is O=P(O)(O)OOCOCC1CO1. The van der Waals surface area contributed by atoms with E-state index in [0.29, 0.717) is 13.2 Å². The minimum atomic E-state index is -4.55. The van der Waals surface area contributed by atoms with Gasteiger partial charge in [0.1, 0.15) is 6.10 Å². The summed E-state index contributed by atoms with van der Waals surface area (Å²) in [6, 6.07) is 0. The predicted octanol–water partition coefficient (Wildman–Crippen LogP) is -0.600. The van der Waals surface area contributed by atoms with Crippen LogP contribution < -0.4 is 0 Å². The number of rotatable bonds is 6. The van der Waals surface area contributed by atoms with E-state index in [1.54, 1.807) is 0 Å². The smallest absolute Gasteiger partial charge is 0.371 e. The minimum Gasteiger partial charge on any atom is -0.371 e. The zero-order valence-electron chi connectivity index (χ0n) is 6.08. The first-order valence-electron chi connectivity index (χ1n) is 3.14. The normalized spacial score (nSPS) is 22.7. The average molecular weight is 200 g/mol. The second kappa shape index (κ2) is 4.29. The summed E-state index contributed by atoms with van der Waals surface area (Å²) in [5.41, 5.74) is 0. The van der Waals surface area contributed by atoms with Crippen LogP contribution in [0.25, 0.3) is 0 Å². The zero-order valence-corrected chi connectivity index (χ0v) is 6.98. The highest BCUT2D eigenvalue weighted by molar-refractivity contribution is 7.46. The van der Waals surface area contributed by atoms with Gasteiger partial charge >= 0.3 is 7.82 Å². The Bertz CT molecular complexity index is 172. The van der Waals surface area contributed by atoms with Crippen molar-refractivity contribution in [2.75, 3.05) is 20.0 Å². The highest BCUT2D eigenvalue weighted by Gasteiger charge is 2.22. The van der Waals surface area contributed by atoms with Crippen LogP contribution in [0.1, 0.15) is 0 Å². The molecule has 2 N–H and O–H groups in total. The van der Waals surface area contributed by atoms with Gasteiger partial charge in [0, 0.05) is 0 Å². The van der Waals surface area contributed by atoms with Crippen molar-refractivity contribution >= 4 is 7.82 Å². The Morgan fingerprint density at radius 3 is 2.75 bits per heavy atom. The van der Waals surface area contributed by atoms with Gasteiger partial charge in [0.05, 0.1) is 13.2 Å². The summed E-state index contributed by atoms with van der Waals surface area (Å²) in [5.74, 6) is 0. The molecule has 0 spiro atoms. The fourth-order valence-electron chi connectivity index (χ4n) is 0.468. The van der Waals surface area contributed by atoms with Crippen LogP contribution in [0.5, 0.6) is 0 Å². The zero-order chi connectivity index (χ0) is 9.03. The first kappa shape index (κ1) is 10.1. The van der Waals surface area contributed by atoms with E-state index in [1.807, 2.05) is 0 Å². The van der Waals surface area contributed by atoms with Crippen molar-refractivity contribution in [1.82, 2.24) is 0 Å². The Morgan fingerprint density at radius 1 is 1.58 bits per heavy atom. The van der Waals surface area contributed by atoms with Gasteiger partial charge in [0.15, 0.2) is 6.79 Å². The molecule has 1 aliphatic heterocycles. The van der Waals surface area contributed by atoms with E-state index in [9.17, 15) is 4.57 Å². The molecule has 8 heteroatoms. The first-order valence-corrected chi connectivity index (χ1v) is 4.67. The minimum absolute atomic E-state index is 0.0867. The van der Waals surface area contributed by atoms with Gasteiger partial charge in [0.25, 0.3) is 0 Å². The quantitative estimate of drug-likeness (QED) is 0.147. The number of hydrogen-bond donors (Lipinski definition) is 2. The van der Waals surface area contributed by atoms with Crippen molar-refractivity contribution in [3.8, 4) is 0 Å². The summed E-state index contributed by atoms with van der Waals surface area (Å²) < 4.78 is 23.2. The van der Waals surface area contributed by atoms with E-state index in [4.69, 9.17) is 19.3 Å². The molecule has 1 rings (SSSR count). The van der Waals surface area contributed by atoms with Gasteiger partial charge in [-0.3, -0.25) is 0 Å². The van der Waals surface area contributed by atoms with Crippen LogP contribution in [0.3, 0.4) is 0 Å². The molecule has 0 amide bonds. The number of ether oxygens (including phenoxy) is 2. The molecular formula is C4H9O7P. The molecule has 0 aromatic carbocycles. The molecule has 1 saturated heterocycles. The van der Waals surface area contributed by atoms with Gasteiger partial charge in [-0.1, -0.05) is 0 Å². The third kappa shape index (κ3) is 5.62. The van der Waals surface area contributed by atoms with E-state index < -0.39 is 7.82 Å². The van der Waals surface area contributed by atoms with Crippen molar-refractivity contribution in [3.05, 3.63) is 0 Å². The highest BCUT2D eigenvalue weighted by atomic mass is 31.2. The molecule has 12 heavy (non-hydrogen) atoms. The average Bonchev–Trinajstić information content (AvgIpc) is 2.68. The van der Waals surface area contributed by atoms with E-state index in [2.05, 4.69) is 9.56 Å². The largest absolute Gasteiger partial charge is 0.496 e. The van der Waals surface area contributed by atoms with Crippen molar-refractivity contribution in [1.29, 1.82) is 0 Å². The fourth-order valence-corrected chi connectivity index (χ4v) is 0.648. The summed E-state index contributed by atoms with van der Waals surface area (Å²) >= 11 is 0. The summed E-state index contributed by atoms with van der Waals surface area (Å²) in [4.78, 5) is 20.3. The molecule has 0 aromatic rings. The molecule has 0 radical (unpaired) electrons. The molecule has 1 atom stereocenters. The molecule has 1 unspecified atom stereocenters. The summed E-state index contributed by atoms with van der Waals surface area (Å²) in [7, 11) is -4.55. The van der Waals surface area contributed by atoms with Crippen LogP contribution in [0.15, 0.2) is 0 Å². The van der Waals surface area contributed by atoms with Gasteiger partial charge in [-0.05, 0) is 0 Å². The van der Waals surface area contributed by atoms with Crippen LogP contribution in [0, 0.1) is 0 Å². The van der Waals surface area contributed by atoms with Crippen molar-refractivity contribution in [2.45, 2.75) is 6.10 Å². The van der Waals surface area contributed by atoms with Crippen molar-refractivity contribution in [2.24, 2.45) is 0 Å². The van der Waals surface area contributed by atoms with Gasteiger partial charge in [-0.25, -0.2) is 4.57 Å². The summed E-state index contributed by atoms with van der Waals surface area (Å²) in [5, 5.41) is 0. The van der Waals surface area contributed by atoms with Gasteiger partial charge in [-0.15, -0.1) is 4.67 Å². The van der Waals surface area contributed by atoms with Crippen LogP contribution in [0.2, 0.25) is 0 Å². The Balaban J connectivity index is 1.85. The van der Waals surface area contributed by atoms with Crippen LogP contribution in [-0.4, -0.2) is 35.9 Å². The topological polar surface area (TPSA) is 97.8 Å². The first-order chi connectivity index (χ1) is 5.58. The van der Waals surface area contributed by atoms with E-state index in [0.717, 1.165) is 0 Å². The maximum atomic E-state index is 10.0. The lowest BCUT2D eigenvalue weighted by Crippen LogP contribution is -2.05. The molecule has 1 fully saturated rings. The molecule has 0 bridgehead atoms. The Hall–Kier alpha value is -0.0100. The lowest BCUT2D eigenvalue weighted by Gasteiger charge is -2.03. The van der Waals surface area contributed by atoms with Crippen molar-refractivity contribution in [3.63, 3.8) is 0 Å². The highest BCUT2D eigenvalue weighted by Crippen LogP contribution is 2.35. The molecule has 0 saturated carbocycles. The molecule has 7 nitrogen and oxygen atoms in total. The molecule has 0 aromatic heterocycles. The van der Waals surface area contributed by atoms with Crippen LogP contribution in [-0.2, 0) is 23.6 Å². The Kier molecular flexibility index (Phi) is 3.60. The molecule has 0 aliphatic carbocycles. The lowest BCUT2D eigenvalue weighted by molar-refractivity contribution is -0.277. The van der Waals surface area contributed by atoms with Gasteiger partial charge < -0.3 is 19.3 Å². The summed E-state index contributed by atoms with van der Waals surface area (Å²) in [6.07, 6.45) is 0.0867. The maximum absolute atomic E-state index is 10.0. The molecule has 1 aliphatic rings. The third-order valence-electron chi connectivity index (χ3n) is 0.987. The van der Waals surface area contributed by atoms with Gasteiger partial charge in [0.2, 0.25) is 0 Å². The van der Waals surface area contributed by atoms with Gasteiger partial charge in [-0.2, -0.15) is 4.89 Å². The number of hydrogen-bond acceptors (Lipinski definition) is 5. The standard InChI is InChI=1S/C4H9O7P/c5-12(6,7)11-10-3-8-1-4-2-9-4/h4H,1-3H2,(H2,5,6,7). The van der Waals surface area contributed by atoms with Crippen LogP contribution >= 0.6 is 7.82 Å². The number of phosphoric acid groups is 1. The van der Waals surface area contributed by atoms with Crippen molar-refractivity contribution < 1.29 is 33.4 Å². The fraction of sp³-hybridized carbons (Fsp3) is 1.00. The summed E-state index contributed by atoms with van der Waals surface area (Å²) in [6.45, 7) is 0.662. The Labute approximate surface area is 68.3 Å². The number of epoxide rings is 1. The predicted molar refractivity (Wildman–Crippen MR) is 34.8 cm³/mol. The maximum Gasteiger partial charge on any atom is 0.496 e. The lowest BCUT2D eigenvalue weighted by atomic mass is 10.5. The van der Waals surface area contributed by atoms with E-state index in [1.165, 1.54) is 0 Å². The third-order valence-corrected chi connectivity index (χ3v) is 1.29. The molecular weight excluding hydrogens is 191 g/mol. The monoisotopic (exact) mass is 200 g/mol. The van der Waals surface area contributed by atoms with E-state index in [-0.39, 0.29) is 12.9 Å². The molecule has 72 valence electrons. The second-order valence-corrected chi connectivity index (χ2v) is 3.26. The molecule has 1 heterocycles. The Morgan fingerprint density at radius 2 is 2.25 bits per heavy atom.